The Kier molecular flexibility index (Phi) is 3.18. The monoisotopic (exact) mass is 179 g/mol. The van der Waals surface area contributed by atoms with Crippen LogP contribution in [0.15, 0.2) is 18.2 Å². The van der Waals surface area contributed by atoms with Crippen LogP contribution in [-0.2, 0) is 6.42 Å². The average molecular weight is 179 g/mol. The maximum atomic E-state index is 9.27. The topological polar surface area (TPSA) is 46.2 Å². The molecule has 1 rings (SSSR count). The van der Waals surface area contributed by atoms with Crippen molar-refractivity contribution in [2.24, 2.45) is 5.92 Å². The van der Waals surface area contributed by atoms with Gasteiger partial charge in [-0.1, -0.05) is 20.3 Å². The standard InChI is InChI=1S/C11H17NO/c1-3-8(2)6-9-7-10(13)4-5-11(9)12/h4-5,7-8,13H,3,6,12H2,1-2H3/t8-/m1/s1. The molecule has 72 valence electrons. The lowest BCUT2D eigenvalue weighted by molar-refractivity contribution is 0.473. The van der Waals surface area contributed by atoms with Gasteiger partial charge in [-0.25, -0.2) is 0 Å². The molecule has 0 saturated heterocycles. The summed E-state index contributed by atoms with van der Waals surface area (Å²) in [4.78, 5) is 0. The van der Waals surface area contributed by atoms with Crippen LogP contribution in [-0.4, -0.2) is 5.11 Å². The predicted molar refractivity (Wildman–Crippen MR) is 55.7 cm³/mol. The fourth-order valence-corrected chi connectivity index (χ4v) is 1.29. The summed E-state index contributed by atoms with van der Waals surface area (Å²) in [5, 5.41) is 9.27. The molecule has 0 amide bonds. The summed E-state index contributed by atoms with van der Waals surface area (Å²) in [6, 6.07) is 5.13. The van der Waals surface area contributed by atoms with Gasteiger partial charge >= 0.3 is 0 Å². The summed E-state index contributed by atoms with van der Waals surface area (Å²) in [5.74, 6) is 0.914. The second-order valence-electron chi connectivity index (χ2n) is 3.60. The Bertz CT molecular complexity index is 283. The number of phenols is 1. The molecule has 0 fully saturated rings. The Morgan fingerprint density at radius 3 is 2.77 bits per heavy atom. The zero-order valence-corrected chi connectivity index (χ0v) is 8.25. The van der Waals surface area contributed by atoms with Crippen molar-refractivity contribution in [1.29, 1.82) is 0 Å². The molecule has 0 unspecified atom stereocenters. The molecule has 1 aromatic rings. The molecule has 0 aliphatic heterocycles. The van der Waals surface area contributed by atoms with Gasteiger partial charge in [-0.2, -0.15) is 0 Å². The van der Waals surface area contributed by atoms with Gasteiger partial charge in [0.05, 0.1) is 0 Å². The maximum absolute atomic E-state index is 9.27. The summed E-state index contributed by atoms with van der Waals surface area (Å²) in [7, 11) is 0. The van der Waals surface area contributed by atoms with Crippen molar-refractivity contribution in [2.45, 2.75) is 26.7 Å². The van der Waals surface area contributed by atoms with Crippen molar-refractivity contribution in [2.75, 3.05) is 5.73 Å². The van der Waals surface area contributed by atoms with Crippen molar-refractivity contribution in [3.8, 4) is 5.75 Å². The number of nitrogen functional groups attached to an aromatic ring is 1. The molecule has 0 bridgehead atoms. The van der Waals surface area contributed by atoms with Gasteiger partial charge < -0.3 is 10.8 Å². The molecule has 0 radical (unpaired) electrons. The second-order valence-corrected chi connectivity index (χ2v) is 3.60. The van der Waals surface area contributed by atoms with Crippen molar-refractivity contribution >= 4 is 5.69 Å². The van der Waals surface area contributed by atoms with E-state index in [-0.39, 0.29) is 0 Å². The molecule has 1 aromatic carbocycles. The van der Waals surface area contributed by atoms with Crippen molar-refractivity contribution < 1.29 is 5.11 Å². The van der Waals surface area contributed by atoms with Crippen molar-refractivity contribution in [1.82, 2.24) is 0 Å². The second kappa shape index (κ2) is 4.17. The highest BCUT2D eigenvalue weighted by Gasteiger charge is 2.05. The fourth-order valence-electron chi connectivity index (χ4n) is 1.29. The van der Waals surface area contributed by atoms with Gasteiger partial charge in [0.1, 0.15) is 5.75 Å². The summed E-state index contributed by atoms with van der Waals surface area (Å²) in [5.41, 5.74) is 7.61. The molecule has 2 heteroatoms. The zero-order chi connectivity index (χ0) is 9.84. The molecule has 13 heavy (non-hydrogen) atoms. The van der Waals surface area contributed by atoms with Gasteiger partial charge in [-0.05, 0) is 36.1 Å². The molecule has 0 heterocycles. The van der Waals surface area contributed by atoms with Crippen LogP contribution < -0.4 is 5.73 Å². The van der Waals surface area contributed by atoms with Crippen molar-refractivity contribution in [3.05, 3.63) is 23.8 Å². The molecular formula is C11H17NO. The molecule has 0 saturated carbocycles. The van der Waals surface area contributed by atoms with Gasteiger partial charge in [0.2, 0.25) is 0 Å². The highest BCUT2D eigenvalue weighted by Crippen LogP contribution is 2.22. The minimum Gasteiger partial charge on any atom is -0.508 e. The fraction of sp³-hybridized carbons (Fsp3) is 0.455. The van der Waals surface area contributed by atoms with E-state index < -0.39 is 0 Å². The summed E-state index contributed by atoms with van der Waals surface area (Å²) >= 11 is 0. The highest BCUT2D eigenvalue weighted by molar-refractivity contribution is 5.50. The van der Waals surface area contributed by atoms with Gasteiger partial charge in [-0.15, -0.1) is 0 Å². The molecule has 2 nitrogen and oxygen atoms in total. The largest absolute Gasteiger partial charge is 0.508 e. The average Bonchev–Trinajstić information content (AvgIpc) is 2.11. The Labute approximate surface area is 79.4 Å². The third kappa shape index (κ3) is 2.65. The summed E-state index contributed by atoms with van der Waals surface area (Å²) in [6.45, 7) is 4.34. The third-order valence-electron chi connectivity index (χ3n) is 2.39. The summed E-state index contributed by atoms with van der Waals surface area (Å²) < 4.78 is 0. The van der Waals surface area contributed by atoms with Crippen LogP contribution >= 0.6 is 0 Å². The van der Waals surface area contributed by atoms with E-state index in [1.807, 2.05) is 0 Å². The van der Waals surface area contributed by atoms with Crippen molar-refractivity contribution in [3.63, 3.8) is 0 Å². The van der Waals surface area contributed by atoms with Crippen LogP contribution in [0, 0.1) is 5.92 Å². The van der Waals surface area contributed by atoms with E-state index in [2.05, 4.69) is 13.8 Å². The third-order valence-corrected chi connectivity index (χ3v) is 2.39. The molecule has 0 aliphatic carbocycles. The molecular weight excluding hydrogens is 162 g/mol. The molecule has 0 aliphatic rings. The minimum atomic E-state index is 0.299. The Morgan fingerprint density at radius 2 is 2.15 bits per heavy atom. The normalized spacial score (nSPS) is 12.8. The maximum Gasteiger partial charge on any atom is 0.116 e. The Morgan fingerprint density at radius 1 is 1.46 bits per heavy atom. The lowest BCUT2D eigenvalue weighted by Gasteiger charge is -2.10. The zero-order valence-electron chi connectivity index (χ0n) is 8.25. The first-order chi connectivity index (χ1) is 6.13. The molecule has 3 N–H and O–H groups in total. The SMILES string of the molecule is CC[C@@H](C)Cc1cc(O)ccc1N. The van der Waals surface area contributed by atoms with Crippen LogP contribution in [0.1, 0.15) is 25.8 Å². The van der Waals surface area contributed by atoms with Crippen LogP contribution in [0.3, 0.4) is 0 Å². The van der Waals surface area contributed by atoms with Crippen LogP contribution in [0.2, 0.25) is 0 Å². The van der Waals surface area contributed by atoms with Gasteiger partial charge in [0, 0.05) is 5.69 Å². The number of anilines is 1. The van der Waals surface area contributed by atoms with Crippen LogP contribution in [0.25, 0.3) is 0 Å². The van der Waals surface area contributed by atoms with E-state index in [0.717, 1.165) is 24.1 Å². The first kappa shape index (κ1) is 9.90. The van der Waals surface area contributed by atoms with Gasteiger partial charge in [0.15, 0.2) is 0 Å². The van der Waals surface area contributed by atoms with Gasteiger partial charge in [0.25, 0.3) is 0 Å². The van der Waals surface area contributed by atoms with E-state index >= 15 is 0 Å². The summed E-state index contributed by atoms with van der Waals surface area (Å²) in [6.07, 6.45) is 2.08. The molecule has 1 atom stereocenters. The van der Waals surface area contributed by atoms with E-state index in [1.54, 1.807) is 18.2 Å². The number of benzene rings is 1. The van der Waals surface area contributed by atoms with E-state index in [1.165, 1.54) is 0 Å². The number of phenolic OH excluding ortho intramolecular Hbond substituents is 1. The lowest BCUT2D eigenvalue weighted by atomic mass is 9.97. The minimum absolute atomic E-state index is 0.299. The number of hydrogen-bond acceptors (Lipinski definition) is 2. The molecule has 0 aromatic heterocycles. The van der Waals surface area contributed by atoms with Crippen LogP contribution in [0.4, 0.5) is 5.69 Å². The smallest absolute Gasteiger partial charge is 0.116 e. The predicted octanol–water partition coefficient (Wildman–Crippen LogP) is 2.56. The number of nitrogens with two attached hydrogens (primary N) is 1. The van der Waals surface area contributed by atoms with Gasteiger partial charge in [-0.3, -0.25) is 0 Å². The Hall–Kier alpha value is -1.18. The van der Waals surface area contributed by atoms with E-state index in [0.29, 0.717) is 11.7 Å². The number of hydrogen-bond donors (Lipinski definition) is 2. The quantitative estimate of drug-likeness (QED) is 0.553. The first-order valence-electron chi connectivity index (χ1n) is 4.70. The van der Waals surface area contributed by atoms with E-state index in [9.17, 15) is 5.11 Å². The first-order valence-corrected chi connectivity index (χ1v) is 4.70. The number of rotatable bonds is 3. The van der Waals surface area contributed by atoms with Crippen LogP contribution in [0.5, 0.6) is 5.75 Å². The highest BCUT2D eigenvalue weighted by atomic mass is 16.3. The lowest BCUT2D eigenvalue weighted by Crippen LogP contribution is -2.01. The molecule has 0 spiro atoms. The Balaban J connectivity index is 2.81. The number of aromatic hydroxyl groups is 1. The van der Waals surface area contributed by atoms with E-state index in [4.69, 9.17) is 5.73 Å².